The number of nitrogens with zero attached hydrogens (tertiary/aromatic N) is 1. The highest BCUT2D eigenvalue weighted by atomic mass is 32.2. The minimum Gasteiger partial charge on any atom is -0.392 e. The Morgan fingerprint density at radius 2 is 2.35 bits per heavy atom. The molecule has 1 heterocycles. The Bertz CT molecular complexity index is 456. The van der Waals surface area contributed by atoms with Crippen molar-refractivity contribution in [2.45, 2.75) is 24.3 Å². The highest BCUT2D eigenvalue weighted by molar-refractivity contribution is 7.99. The fourth-order valence-electron chi connectivity index (χ4n) is 1.51. The van der Waals surface area contributed by atoms with Gasteiger partial charge in [0, 0.05) is 28.6 Å². The smallest absolute Gasteiger partial charge is 0.0950 e. The first-order valence-corrected chi connectivity index (χ1v) is 7.36. The van der Waals surface area contributed by atoms with Crippen molar-refractivity contribution in [3.05, 3.63) is 46.4 Å². The van der Waals surface area contributed by atoms with Gasteiger partial charge < -0.3 is 5.11 Å². The predicted molar refractivity (Wildman–Crippen MR) is 73.7 cm³/mol. The van der Waals surface area contributed by atoms with Crippen LogP contribution in [0.5, 0.6) is 0 Å². The van der Waals surface area contributed by atoms with E-state index in [-0.39, 0.29) is 6.10 Å². The van der Waals surface area contributed by atoms with E-state index in [0.29, 0.717) is 12.2 Å². The number of aromatic nitrogens is 1. The Morgan fingerprint density at radius 1 is 1.47 bits per heavy atom. The fraction of sp³-hybridized carbons (Fsp3) is 0.308. The maximum absolute atomic E-state index is 9.90. The van der Waals surface area contributed by atoms with Gasteiger partial charge in [-0.25, -0.2) is 4.98 Å². The van der Waals surface area contributed by atoms with Gasteiger partial charge in [-0.05, 0) is 19.1 Å². The molecule has 1 N–H and O–H groups in total. The van der Waals surface area contributed by atoms with Crippen LogP contribution in [-0.4, -0.2) is 21.9 Å². The van der Waals surface area contributed by atoms with E-state index < -0.39 is 0 Å². The van der Waals surface area contributed by atoms with Gasteiger partial charge in [0.2, 0.25) is 0 Å². The minimum atomic E-state index is -0.327. The number of thioether (sulfide) groups is 1. The summed E-state index contributed by atoms with van der Waals surface area (Å²) in [6.45, 7) is 2.08. The van der Waals surface area contributed by atoms with E-state index in [1.54, 1.807) is 29.3 Å². The zero-order valence-corrected chi connectivity index (χ0v) is 11.3. The van der Waals surface area contributed by atoms with Gasteiger partial charge in [-0.2, -0.15) is 0 Å². The van der Waals surface area contributed by atoms with Crippen LogP contribution < -0.4 is 0 Å². The van der Waals surface area contributed by atoms with Gasteiger partial charge in [-0.15, -0.1) is 23.1 Å². The molecule has 0 radical (unpaired) electrons. The molecule has 1 unspecified atom stereocenters. The van der Waals surface area contributed by atoms with Crippen molar-refractivity contribution in [1.29, 1.82) is 0 Å². The molecule has 1 atom stereocenters. The molecular weight excluding hydrogens is 250 g/mol. The highest BCUT2D eigenvalue weighted by Gasteiger charge is 2.08. The molecule has 0 bridgehead atoms. The second-order valence-electron chi connectivity index (χ2n) is 3.91. The van der Waals surface area contributed by atoms with E-state index in [4.69, 9.17) is 0 Å². The lowest BCUT2D eigenvalue weighted by Crippen LogP contribution is -2.13. The summed E-state index contributed by atoms with van der Waals surface area (Å²) in [6, 6.07) is 8.34. The SMILES string of the molecule is Cc1cccc(SCC(O)Cc2nccs2)c1. The Balaban J connectivity index is 1.82. The summed E-state index contributed by atoms with van der Waals surface area (Å²) >= 11 is 3.29. The molecule has 0 aliphatic rings. The minimum absolute atomic E-state index is 0.327. The van der Waals surface area contributed by atoms with Crippen molar-refractivity contribution >= 4 is 23.1 Å². The topological polar surface area (TPSA) is 33.1 Å². The van der Waals surface area contributed by atoms with E-state index in [1.165, 1.54) is 10.5 Å². The van der Waals surface area contributed by atoms with E-state index in [2.05, 4.69) is 30.1 Å². The lowest BCUT2D eigenvalue weighted by Gasteiger charge is -2.08. The highest BCUT2D eigenvalue weighted by Crippen LogP contribution is 2.21. The molecule has 2 nitrogen and oxygen atoms in total. The molecule has 17 heavy (non-hydrogen) atoms. The van der Waals surface area contributed by atoms with Crippen LogP contribution in [0, 0.1) is 6.92 Å². The third-order valence-corrected chi connectivity index (χ3v) is 4.27. The molecule has 4 heteroatoms. The molecule has 0 saturated heterocycles. The third-order valence-electron chi connectivity index (χ3n) is 2.33. The molecular formula is C13H15NOS2. The fourth-order valence-corrected chi connectivity index (χ4v) is 3.15. The summed E-state index contributed by atoms with van der Waals surface area (Å²) in [5, 5.41) is 12.8. The van der Waals surface area contributed by atoms with Crippen LogP contribution in [0.3, 0.4) is 0 Å². The summed E-state index contributed by atoms with van der Waals surface area (Å²) in [7, 11) is 0. The number of aryl methyl sites for hydroxylation is 1. The molecule has 0 aliphatic carbocycles. The molecule has 2 aromatic rings. The van der Waals surface area contributed by atoms with Crippen LogP contribution in [0.1, 0.15) is 10.6 Å². The number of rotatable bonds is 5. The Hall–Kier alpha value is -0.840. The average molecular weight is 265 g/mol. The van der Waals surface area contributed by atoms with Crippen molar-refractivity contribution in [1.82, 2.24) is 4.98 Å². The molecule has 0 spiro atoms. The van der Waals surface area contributed by atoms with Gasteiger partial charge in [-0.3, -0.25) is 0 Å². The Morgan fingerprint density at radius 3 is 3.06 bits per heavy atom. The van der Waals surface area contributed by atoms with Crippen molar-refractivity contribution in [2.75, 3.05) is 5.75 Å². The Labute approximate surface area is 110 Å². The quantitative estimate of drug-likeness (QED) is 0.843. The number of hydrogen-bond acceptors (Lipinski definition) is 4. The zero-order chi connectivity index (χ0) is 12.1. The van der Waals surface area contributed by atoms with E-state index >= 15 is 0 Å². The van der Waals surface area contributed by atoms with Crippen LogP contribution in [0.25, 0.3) is 0 Å². The van der Waals surface area contributed by atoms with E-state index in [1.807, 2.05) is 11.4 Å². The number of thiazole rings is 1. The first kappa shape index (κ1) is 12.6. The van der Waals surface area contributed by atoms with Gasteiger partial charge in [-0.1, -0.05) is 17.7 Å². The van der Waals surface area contributed by atoms with E-state index in [0.717, 1.165) is 5.01 Å². The van der Waals surface area contributed by atoms with E-state index in [9.17, 15) is 5.11 Å². The number of aliphatic hydroxyl groups excluding tert-OH is 1. The van der Waals surface area contributed by atoms with Gasteiger partial charge in [0.05, 0.1) is 11.1 Å². The molecule has 2 rings (SSSR count). The number of benzene rings is 1. The van der Waals surface area contributed by atoms with Crippen molar-refractivity contribution in [3.8, 4) is 0 Å². The van der Waals surface area contributed by atoms with Crippen LogP contribution in [0.2, 0.25) is 0 Å². The Kier molecular flexibility index (Phi) is 4.59. The molecule has 1 aromatic carbocycles. The lowest BCUT2D eigenvalue weighted by atomic mass is 10.2. The maximum Gasteiger partial charge on any atom is 0.0950 e. The molecule has 0 fully saturated rings. The summed E-state index contributed by atoms with van der Waals surface area (Å²) < 4.78 is 0. The van der Waals surface area contributed by atoms with Gasteiger partial charge in [0.25, 0.3) is 0 Å². The second kappa shape index (κ2) is 6.19. The van der Waals surface area contributed by atoms with Crippen LogP contribution >= 0.6 is 23.1 Å². The van der Waals surface area contributed by atoms with Crippen molar-refractivity contribution in [3.63, 3.8) is 0 Å². The van der Waals surface area contributed by atoms with Gasteiger partial charge >= 0.3 is 0 Å². The predicted octanol–water partition coefficient (Wildman–Crippen LogP) is 3.15. The van der Waals surface area contributed by atoms with Crippen molar-refractivity contribution in [2.24, 2.45) is 0 Å². The van der Waals surface area contributed by atoms with Crippen molar-refractivity contribution < 1.29 is 5.11 Å². The summed E-state index contributed by atoms with van der Waals surface area (Å²) in [5.74, 6) is 0.711. The third kappa shape index (κ3) is 4.15. The molecule has 0 saturated carbocycles. The molecule has 0 aliphatic heterocycles. The zero-order valence-electron chi connectivity index (χ0n) is 9.67. The van der Waals surface area contributed by atoms with Gasteiger partial charge in [0.1, 0.15) is 0 Å². The second-order valence-corrected chi connectivity index (χ2v) is 5.98. The normalized spacial score (nSPS) is 12.6. The molecule has 90 valence electrons. The first-order valence-electron chi connectivity index (χ1n) is 5.50. The first-order chi connectivity index (χ1) is 8.24. The average Bonchev–Trinajstić information content (AvgIpc) is 2.79. The maximum atomic E-state index is 9.90. The lowest BCUT2D eigenvalue weighted by molar-refractivity contribution is 0.200. The molecule has 1 aromatic heterocycles. The number of aliphatic hydroxyl groups is 1. The van der Waals surface area contributed by atoms with Gasteiger partial charge in [0.15, 0.2) is 0 Å². The number of hydrogen-bond donors (Lipinski definition) is 1. The van der Waals surface area contributed by atoms with Crippen LogP contribution in [0.4, 0.5) is 0 Å². The summed E-state index contributed by atoms with van der Waals surface area (Å²) in [5.41, 5.74) is 1.25. The van der Waals surface area contributed by atoms with Crippen LogP contribution in [0.15, 0.2) is 40.7 Å². The standard InChI is InChI=1S/C13H15NOS2/c1-10-3-2-4-12(7-10)17-9-11(15)8-13-14-5-6-16-13/h2-7,11,15H,8-9H2,1H3. The molecule has 0 amide bonds. The monoisotopic (exact) mass is 265 g/mol. The summed E-state index contributed by atoms with van der Waals surface area (Å²) in [4.78, 5) is 5.39. The van der Waals surface area contributed by atoms with Crippen LogP contribution in [-0.2, 0) is 6.42 Å². The largest absolute Gasteiger partial charge is 0.392 e. The summed E-state index contributed by atoms with van der Waals surface area (Å²) in [6.07, 6.45) is 2.10.